The van der Waals surface area contributed by atoms with Crippen LogP contribution in [-0.2, 0) is 24.4 Å². The van der Waals surface area contributed by atoms with Gasteiger partial charge in [0.05, 0.1) is 35.8 Å². The maximum absolute atomic E-state index is 14.4. The van der Waals surface area contributed by atoms with Gasteiger partial charge in [-0.3, -0.25) is 4.90 Å². The van der Waals surface area contributed by atoms with Gasteiger partial charge in [-0.05, 0) is 37.5 Å². The summed E-state index contributed by atoms with van der Waals surface area (Å²) in [6.07, 6.45) is 3.80. The summed E-state index contributed by atoms with van der Waals surface area (Å²) in [6, 6.07) is 7.23. The first-order valence-corrected chi connectivity index (χ1v) is 13.6. The molecule has 42 heavy (non-hydrogen) atoms. The summed E-state index contributed by atoms with van der Waals surface area (Å²) >= 11 is 0. The number of aromatic carboxylic acids is 1. The van der Waals surface area contributed by atoms with Crippen molar-refractivity contribution in [2.24, 2.45) is 0 Å². The van der Waals surface area contributed by atoms with E-state index in [1.807, 2.05) is 4.57 Å². The van der Waals surface area contributed by atoms with Gasteiger partial charge < -0.3 is 23.9 Å². The fourth-order valence-electron chi connectivity index (χ4n) is 5.12. The van der Waals surface area contributed by atoms with Crippen molar-refractivity contribution < 1.29 is 37.3 Å². The summed E-state index contributed by atoms with van der Waals surface area (Å²) in [5, 5.41) is 9.41. The van der Waals surface area contributed by atoms with Crippen LogP contribution in [0.4, 0.5) is 13.2 Å². The number of hydrogen-bond acceptors (Lipinski definition) is 8. The fourth-order valence-corrected chi connectivity index (χ4v) is 5.12. The van der Waals surface area contributed by atoms with Crippen LogP contribution in [-0.4, -0.2) is 67.4 Å². The van der Waals surface area contributed by atoms with Gasteiger partial charge in [0.25, 0.3) is 0 Å². The lowest BCUT2D eigenvalue weighted by Gasteiger charge is -2.32. The van der Waals surface area contributed by atoms with Crippen molar-refractivity contribution in [1.82, 2.24) is 24.4 Å². The number of benzene rings is 2. The molecule has 10 nitrogen and oxygen atoms in total. The van der Waals surface area contributed by atoms with Crippen molar-refractivity contribution in [3.63, 3.8) is 0 Å². The maximum Gasteiger partial charge on any atom is 0.338 e. The van der Waals surface area contributed by atoms with E-state index >= 15 is 0 Å². The second-order valence-electron chi connectivity index (χ2n) is 10.3. The summed E-state index contributed by atoms with van der Waals surface area (Å²) in [5.41, 5.74) is 0.601. The zero-order valence-corrected chi connectivity index (χ0v) is 22.5. The number of carbonyl (C=O) groups is 1. The fraction of sp³-hybridized carbons (Fsp3) is 0.379. The molecule has 0 radical (unpaired) electrons. The Balaban J connectivity index is 1.08. The first kappa shape index (κ1) is 27.9. The van der Waals surface area contributed by atoms with Crippen LogP contribution in [0.3, 0.4) is 0 Å². The first-order chi connectivity index (χ1) is 20.3. The molecule has 0 unspecified atom stereocenters. The number of ether oxygens (including phenoxy) is 3. The lowest BCUT2D eigenvalue weighted by atomic mass is 10.1. The molecule has 1 N–H and O–H groups in total. The summed E-state index contributed by atoms with van der Waals surface area (Å²) in [5.74, 6) is -2.34. The van der Waals surface area contributed by atoms with E-state index in [1.165, 1.54) is 24.4 Å². The van der Waals surface area contributed by atoms with Crippen LogP contribution in [0.2, 0.25) is 0 Å². The number of hydrogen-bond donors (Lipinski definition) is 1. The first-order valence-electron chi connectivity index (χ1n) is 13.6. The van der Waals surface area contributed by atoms with Crippen molar-refractivity contribution in [3.05, 3.63) is 77.3 Å². The number of aromatic nitrogens is 4. The Labute approximate surface area is 238 Å². The minimum atomic E-state index is -1.32. The number of halogens is 3. The van der Waals surface area contributed by atoms with Gasteiger partial charge in [-0.1, -0.05) is 0 Å². The van der Waals surface area contributed by atoms with Gasteiger partial charge >= 0.3 is 5.97 Å². The quantitative estimate of drug-likeness (QED) is 0.291. The molecule has 4 aromatic rings. The second-order valence-corrected chi connectivity index (χ2v) is 10.3. The standard InChI is InChI=1S/C29H28F3N5O5/c30-17-1-2-25(22(32)11-17)41-16-26-33-7-3-28(35-26)42-18-4-8-36(9-5-18)15-27-34-23-13-21(31)20(29(38)39)12-24(23)37(27)14-19-6-10-40-19/h1-3,7,11-13,18-19H,4-6,8-10,14-16H2,(H,38,39)/t19-/m0/s1. The molecule has 2 fully saturated rings. The molecule has 2 aromatic heterocycles. The molecule has 0 bridgehead atoms. The van der Waals surface area contributed by atoms with E-state index in [9.17, 15) is 23.1 Å². The number of likely N-dealkylation sites (tertiary alicyclic amines) is 1. The molecule has 0 saturated carbocycles. The summed E-state index contributed by atoms with van der Waals surface area (Å²) in [7, 11) is 0. The van der Waals surface area contributed by atoms with Gasteiger partial charge in [0, 0.05) is 44.1 Å². The molecule has 0 spiro atoms. The Hall–Kier alpha value is -4.23. The topological polar surface area (TPSA) is 112 Å². The van der Waals surface area contributed by atoms with Crippen molar-refractivity contribution in [1.29, 1.82) is 0 Å². The molecule has 0 amide bonds. The van der Waals surface area contributed by atoms with Crippen LogP contribution in [0.25, 0.3) is 11.0 Å². The van der Waals surface area contributed by atoms with Gasteiger partial charge in [-0.15, -0.1) is 0 Å². The average Bonchev–Trinajstić information content (AvgIpc) is 3.26. The van der Waals surface area contributed by atoms with Crippen LogP contribution in [0.1, 0.15) is 41.3 Å². The molecule has 4 heterocycles. The van der Waals surface area contributed by atoms with Crippen LogP contribution in [0, 0.1) is 17.5 Å². The Morgan fingerprint density at radius 2 is 1.86 bits per heavy atom. The molecule has 2 aliphatic heterocycles. The summed E-state index contributed by atoms with van der Waals surface area (Å²) < 4.78 is 60.4. The third kappa shape index (κ3) is 6.16. The molecule has 2 saturated heterocycles. The Morgan fingerprint density at radius 1 is 1.05 bits per heavy atom. The molecule has 2 aliphatic rings. The van der Waals surface area contributed by atoms with Crippen molar-refractivity contribution in [3.8, 4) is 11.6 Å². The zero-order chi connectivity index (χ0) is 29.2. The molecular formula is C29H28F3N5O5. The van der Waals surface area contributed by atoms with Gasteiger partial charge in [0.15, 0.2) is 17.4 Å². The maximum atomic E-state index is 14.4. The van der Waals surface area contributed by atoms with E-state index in [0.717, 1.165) is 37.2 Å². The predicted molar refractivity (Wildman–Crippen MR) is 143 cm³/mol. The minimum absolute atomic E-state index is 0.0106. The molecule has 2 aromatic carbocycles. The van der Waals surface area contributed by atoms with Crippen LogP contribution >= 0.6 is 0 Å². The zero-order valence-electron chi connectivity index (χ0n) is 22.5. The Kier molecular flexibility index (Phi) is 7.94. The van der Waals surface area contributed by atoms with Crippen LogP contribution in [0.5, 0.6) is 11.6 Å². The van der Waals surface area contributed by atoms with Crippen molar-refractivity contribution in [2.45, 2.75) is 51.2 Å². The number of rotatable bonds is 10. The number of imidazole rings is 1. The number of nitrogens with zero attached hydrogens (tertiary/aromatic N) is 5. The van der Waals surface area contributed by atoms with Crippen molar-refractivity contribution in [2.75, 3.05) is 19.7 Å². The number of piperidine rings is 1. The number of carboxylic acids is 1. The van der Waals surface area contributed by atoms with Gasteiger partial charge in [0.2, 0.25) is 5.88 Å². The third-order valence-corrected chi connectivity index (χ3v) is 7.44. The van der Waals surface area contributed by atoms with E-state index in [4.69, 9.17) is 14.2 Å². The molecule has 0 aliphatic carbocycles. The highest BCUT2D eigenvalue weighted by atomic mass is 19.1. The Morgan fingerprint density at radius 3 is 2.57 bits per heavy atom. The lowest BCUT2D eigenvalue weighted by Crippen LogP contribution is -2.39. The highest BCUT2D eigenvalue weighted by Gasteiger charge is 2.26. The van der Waals surface area contributed by atoms with Gasteiger partial charge in [-0.25, -0.2) is 27.9 Å². The van der Waals surface area contributed by atoms with E-state index in [-0.39, 0.29) is 30.1 Å². The average molecular weight is 584 g/mol. The number of fused-ring (bicyclic) bond motifs is 1. The van der Waals surface area contributed by atoms with Crippen LogP contribution in [0.15, 0.2) is 42.6 Å². The SMILES string of the molecule is O=C(O)c1cc2c(cc1F)nc(CN1CCC(Oc3ccnc(COc4ccc(F)cc4F)n3)CC1)n2C[C@@H]1CCO1. The van der Waals surface area contributed by atoms with Gasteiger partial charge in [0.1, 0.15) is 30.2 Å². The Bertz CT molecular complexity index is 1600. The number of carboxylic acid groups (broad SMARTS) is 1. The normalized spacial score (nSPS) is 17.7. The van der Waals surface area contributed by atoms with E-state index in [1.54, 1.807) is 6.07 Å². The van der Waals surface area contributed by atoms with E-state index < -0.39 is 23.4 Å². The largest absolute Gasteiger partial charge is 0.483 e. The van der Waals surface area contributed by atoms with Crippen LogP contribution < -0.4 is 9.47 Å². The molecule has 220 valence electrons. The molecule has 6 rings (SSSR count). The summed E-state index contributed by atoms with van der Waals surface area (Å²) in [4.78, 5) is 26.9. The molecule has 13 heteroatoms. The van der Waals surface area contributed by atoms with Gasteiger partial charge in [-0.2, -0.15) is 4.98 Å². The monoisotopic (exact) mass is 583 g/mol. The molecular weight excluding hydrogens is 555 g/mol. The van der Waals surface area contributed by atoms with E-state index in [0.29, 0.717) is 55.5 Å². The summed E-state index contributed by atoms with van der Waals surface area (Å²) in [6.45, 7) is 3.03. The lowest BCUT2D eigenvalue weighted by molar-refractivity contribution is -0.0592. The van der Waals surface area contributed by atoms with E-state index in [2.05, 4.69) is 19.9 Å². The highest BCUT2D eigenvalue weighted by Crippen LogP contribution is 2.26. The second kappa shape index (κ2) is 11.9. The third-order valence-electron chi connectivity index (χ3n) is 7.44. The highest BCUT2D eigenvalue weighted by molar-refractivity contribution is 5.93. The minimum Gasteiger partial charge on any atom is -0.483 e. The smallest absolute Gasteiger partial charge is 0.338 e. The predicted octanol–water partition coefficient (Wildman–Crippen LogP) is 4.35. The van der Waals surface area contributed by atoms with Crippen molar-refractivity contribution >= 4 is 17.0 Å². The molecule has 1 atom stereocenters.